The highest BCUT2D eigenvalue weighted by Crippen LogP contribution is 2.20. The number of sulfonamides is 1. The number of aromatic nitrogens is 1. The Bertz CT molecular complexity index is 820. The molecule has 0 aliphatic heterocycles. The number of ether oxygens (including phenoxy) is 1. The fourth-order valence-electron chi connectivity index (χ4n) is 1.99. The Morgan fingerprint density at radius 2 is 2.04 bits per heavy atom. The summed E-state index contributed by atoms with van der Waals surface area (Å²) in [6.07, 6.45) is 2.48. The molecule has 0 saturated heterocycles. The average Bonchev–Trinajstić information content (AvgIpc) is 2.52. The summed E-state index contributed by atoms with van der Waals surface area (Å²) in [4.78, 5) is 15.1. The molecule has 0 saturated carbocycles. The van der Waals surface area contributed by atoms with Crippen molar-refractivity contribution < 1.29 is 23.1 Å². The zero-order valence-corrected chi connectivity index (χ0v) is 13.4. The van der Waals surface area contributed by atoms with E-state index in [4.69, 9.17) is 4.74 Å². The number of rotatable bonds is 6. The maximum atomic E-state index is 12.4. The molecule has 122 valence electrons. The topological polar surface area (TPSA) is 106 Å². The van der Waals surface area contributed by atoms with Gasteiger partial charge in [0.25, 0.3) is 0 Å². The maximum absolute atomic E-state index is 12.4. The highest BCUT2D eigenvalue weighted by Gasteiger charge is 2.27. The van der Waals surface area contributed by atoms with Gasteiger partial charge in [-0.1, -0.05) is 29.8 Å². The van der Waals surface area contributed by atoms with Crippen LogP contribution in [0, 0.1) is 6.92 Å². The SMILES string of the molecule is COc1cncc(S(=O)(=O)NC(C(=O)O)c2cccc(C)c2)c1. The van der Waals surface area contributed by atoms with Gasteiger partial charge in [-0.25, -0.2) is 8.42 Å². The first kappa shape index (κ1) is 16.9. The maximum Gasteiger partial charge on any atom is 0.326 e. The van der Waals surface area contributed by atoms with Crippen LogP contribution in [-0.4, -0.2) is 31.6 Å². The number of methoxy groups -OCH3 is 1. The van der Waals surface area contributed by atoms with Crippen molar-refractivity contribution in [2.75, 3.05) is 7.11 Å². The lowest BCUT2D eigenvalue weighted by molar-refractivity contribution is -0.139. The normalized spacial score (nSPS) is 12.6. The number of aryl methyl sites for hydroxylation is 1. The summed E-state index contributed by atoms with van der Waals surface area (Å²) >= 11 is 0. The van der Waals surface area contributed by atoms with E-state index in [1.54, 1.807) is 31.2 Å². The van der Waals surface area contributed by atoms with Crippen LogP contribution in [0.1, 0.15) is 17.2 Å². The number of carbonyl (C=O) groups is 1. The van der Waals surface area contributed by atoms with E-state index < -0.39 is 22.0 Å². The minimum atomic E-state index is -4.07. The van der Waals surface area contributed by atoms with Crippen LogP contribution < -0.4 is 9.46 Å². The van der Waals surface area contributed by atoms with Gasteiger partial charge in [-0.2, -0.15) is 4.72 Å². The molecule has 0 aliphatic rings. The van der Waals surface area contributed by atoms with Crippen molar-refractivity contribution in [3.63, 3.8) is 0 Å². The molecule has 1 unspecified atom stereocenters. The van der Waals surface area contributed by atoms with E-state index in [0.717, 1.165) is 11.8 Å². The summed E-state index contributed by atoms with van der Waals surface area (Å²) < 4.78 is 31.9. The van der Waals surface area contributed by atoms with Gasteiger partial charge in [0.05, 0.1) is 13.3 Å². The molecule has 0 fully saturated rings. The lowest BCUT2D eigenvalue weighted by Crippen LogP contribution is -2.33. The number of pyridine rings is 1. The van der Waals surface area contributed by atoms with Gasteiger partial charge in [-0.05, 0) is 12.5 Å². The predicted octanol–water partition coefficient (Wildman–Crippen LogP) is 1.50. The summed E-state index contributed by atoms with van der Waals surface area (Å²) in [5.41, 5.74) is 1.17. The van der Waals surface area contributed by atoms with Crippen molar-refractivity contribution in [1.82, 2.24) is 9.71 Å². The molecule has 0 radical (unpaired) electrons. The quantitative estimate of drug-likeness (QED) is 0.828. The smallest absolute Gasteiger partial charge is 0.326 e. The third-order valence-electron chi connectivity index (χ3n) is 3.13. The fraction of sp³-hybridized carbons (Fsp3) is 0.200. The Balaban J connectivity index is 2.37. The third kappa shape index (κ3) is 4.05. The standard InChI is InChI=1S/C15H16N2O5S/c1-10-4-3-5-11(6-10)14(15(18)19)17-23(20,21)13-7-12(22-2)8-16-9-13/h3-9,14,17H,1-2H3,(H,18,19). The average molecular weight is 336 g/mol. The summed E-state index contributed by atoms with van der Waals surface area (Å²) in [6.45, 7) is 1.79. The molecule has 0 bridgehead atoms. The van der Waals surface area contributed by atoms with Gasteiger partial charge in [0, 0.05) is 12.3 Å². The van der Waals surface area contributed by atoms with Crippen LogP contribution in [-0.2, 0) is 14.8 Å². The first-order valence-electron chi connectivity index (χ1n) is 6.64. The second-order valence-corrected chi connectivity index (χ2v) is 6.58. The molecule has 23 heavy (non-hydrogen) atoms. The van der Waals surface area contributed by atoms with Gasteiger partial charge < -0.3 is 9.84 Å². The van der Waals surface area contributed by atoms with Gasteiger partial charge in [0.1, 0.15) is 16.7 Å². The number of nitrogens with zero attached hydrogens (tertiary/aromatic N) is 1. The molecule has 2 N–H and O–H groups in total. The monoisotopic (exact) mass is 336 g/mol. The molecule has 7 nitrogen and oxygen atoms in total. The van der Waals surface area contributed by atoms with Gasteiger partial charge in [-0.15, -0.1) is 0 Å². The number of hydrogen-bond acceptors (Lipinski definition) is 5. The van der Waals surface area contributed by atoms with E-state index >= 15 is 0 Å². The number of benzene rings is 1. The number of aliphatic carboxylic acids is 1. The second kappa shape index (κ2) is 6.76. The first-order valence-corrected chi connectivity index (χ1v) is 8.12. The Kier molecular flexibility index (Phi) is 4.97. The van der Waals surface area contributed by atoms with Crippen LogP contribution in [0.5, 0.6) is 5.75 Å². The Labute approximate surface area is 134 Å². The van der Waals surface area contributed by atoms with Crippen LogP contribution in [0.3, 0.4) is 0 Å². The van der Waals surface area contributed by atoms with Crippen LogP contribution in [0.2, 0.25) is 0 Å². The number of hydrogen-bond donors (Lipinski definition) is 2. The first-order chi connectivity index (χ1) is 10.8. The largest absolute Gasteiger partial charge is 0.495 e. The van der Waals surface area contributed by atoms with E-state index in [1.807, 2.05) is 0 Å². The molecule has 8 heteroatoms. The fourth-order valence-corrected chi connectivity index (χ4v) is 3.15. The zero-order valence-electron chi connectivity index (χ0n) is 12.6. The van der Waals surface area contributed by atoms with Crippen molar-refractivity contribution in [3.8, 4) is 5.75 Å². The summed E-state index contributed by atoms with van der Waals surface area (Å²) in [6, 6.07) is 6.50. The number of carboxylic acids is 1. The summed E-state index contributed by atoms with van der Waals surface area (Å²) in [7, 11) is -2.69. The van der Waals surface area contributed by atoms with Crippen molar-refractivity contribution in [3.05, 3.63) is 53.9 Å². The molecule has 2 rings (SSSR count). The zero-order chi connectivity index (χ0) is 17.0. The summed E-state index contributed by atoms with van der Waals surface area (Å²) in [5, 5.41) is 9.36. The predicted molar refractivity (Wildman–Crippen MR) is 82.7 cm³/mol. The minimum absolute atomic E-state index is 0.171. The molecule has 1 atom stereocenters. The Hall–Kier alpha value is -2.45. The van der Waals surface area contributed by atoms with Crippen LogP contribution >= 0.6 is 0 Å². The molecule has 1 aromatic carbocycles. The van der Waals surface area contributed by atoms with Gasteiger partial charge >= 0.3 is 5.97 Å². The van der Waals surface area contributed by atoms with E-state index in [0.29, 0.717) is 5.56 Å². The number of carboxylic acid groups (broad SMARTS) is 1. The van der Waals surface area contributed by atoms with E-state index in [1.165, 1.54) is 19.4 Å². The van der Waals surface area contributed by atoms with Crippen LogP contribution in [0.15, 0.2) is 47.6 Å². The third-order valence-corrected chi connectivity index (χ3v) is 4.52. The number of nitrogens with one attached hydrogen (secondary N) is 1. The molecule has 1 heterocycles. The van der Waals surface area contributed by atoms with Crippen molar-refractivity contribution in [2.45, 2.75) is 17.9 Å². The molecular weight excluding hydrogens is 320 g/mol. The lowest BCUT2D eigenvalue weighted by atomic mass is 10.1. The van der Waals surface area contributed by atoms with E-state index in [2.05, 4.69) is 9.71 Å². The molecule has 0 aliphatic carbocycles. The Morgan fingerprint density at radius 3 is 2.65 bits per heavy atom. The van der Waals surface area contributed by atoms with Crippen LogP contribution in [0.4, 0.5) is 0 Å². The lowest BCUT2D eigenvalue weighted by Gasteiger charge is -2.16. The van der Waals surface area contributed by atoms with Gasteiger partial charge in [0.15, 0.2) is 0 Å². The summed E-state index contributed by atoms with van der Waals surface area (Å²) in [5.74, 6) is -1.04. The molecule has 2 aromatic rings. The second-order valence-electron chi connectivity index (χ2n) is 4.87. The molecule has 1 aromatic heterocycles. The van der Waals surface area contributed by atoms with E-state index in [-0.39, 0.29) is 10.6 Å². The highest BCUT2D eigenvalue weighted by atomic mass is 32.2. The Morgan fingerprint density at radius 1 is 1.30 bits per heavy atom. The van der Waals surface area contributed by atoms with Gasteiger partial charge in [0.2, 0.25) is 10.0 Å². The molecule has 0 amide bonds. The van der Waals surface area contributed by atoms with Crippen molar-refractivity contribution in [2.24, 2.45) is 0 Å². The van der Waals surface area contributed by atoms with Crippen molar-refractivity contribution in [1.29, 1.82) is 0 Å². The van der Waals surface area contributed by atoms with Crippen molar-refractivity contribution >= 4 is 16.0 Å². The molecule has 0 spiro atoms. The van der Waals surface area contributed by atoms with E-state index in [9.17, 15) is 18.3 Å². The van der Waals surface area contributed by atoms with Crippen LogP contribution in [0.25, 0.3) is 0 Å². The molecular formula is C15H16N2O5S. The highest BCUT2D eigenvalue weighted by molar-refractivity contribution is 7.89. The minimum Gasteiger partial charge on any atom is -0.495 e. The van der Waals surface area contributed by atoms with Gasteiger partial charge in [-0.3, -0.25) is 9.78 Å².